The van der Waals surface area contributed by atoms with Crippen LogP contribution in [-0.2, 0) is 19.8 Å². The quantitative estimate of drug-likeness (QED) is 0.253. The van der Waals surface area contributed by atoms with Gasteiger partial charge in [-0.15, -0.1) is 0 Å². The Hall–Kier alpha value is -3.72. The fraction of sp³-hybridized carbons (Fsp3) is 0.625. The van der Waals surface area contributed by atoms with Crippen LogP contribution in [0.2, 0.25) is 0 Å². The van der Waals surface area contributed by atoms with Gasteiger partial charge in [-0.05, 0) is 74.1 Å². The third-order valence-corrected chi connectivity index (χ3v) is 11.7. The summed E-state index contributed by atoms with van der Waals surface area (Å²) in [6.45, 7) is -0.314. The summed E-state index contributed by atoms with van der Waals surface area (Å²) in [4.78, 5) is 56.4. The van der Waals surface area contributed by atoms with Gasteiger partial charge in [0.15, 0.2) is 0 Å². The van der Waals surface area contributed by atoms with E-state index >= 15 is 0 Å². The van der Waals surface area contributed by atoms with Crippen LogP contribution in [0.1, 0.15) is 74.7 Å². The molecule has 1 aliphatic heterocycles. The number of halogens is 1. The summed E-state index contributed by atoms with van der Waals surface area (Å²) in [6, 6.07) is 5.16. The van der Waals surface area contributed by atoms with Gasteiger partial charge in [-0.1, -0.05) is 32.1 Å². The highest BCUT2D eigenvalue weighted by atomic mass is 32.2. The van der Waals surface area contributed by atoms with Crippen LogP contribution in [0.4, 0.5) is 14.9 Å². The van der Waals surface area contributed by atoms with Gasteiger partial charge >= 0.3 is 16.3 Å². The highest BCUT2D eigenvalue weighted by molar-refractivity contribution is 7.87. The van der Waals surface area contributed by atoms with Gasteiger partial charge < -0.3 is 25.6 Å². The molecule has 2 saturated carbocycles. The fourth-order valence-electron chi connectivity index (χ4n) is 7.71. The maximum absolute atomic E-state index is 14.1. The summed E-state index contributed by atoms with van der Waals surface area (Å²) in [5, 5.41) is 14.9. The van der Waals surface area contributed by atoms with Crippen LogP contribution in [0, 0.1) is 23.7 Å². The lowest BCUT2D eigenvalue weighted by molar-refractivity contribution is -0.142. The van der Waals surface area contributed by atoms with Crippen molar-refractivity contribution in [2.45, 2.75) is 76.3 Å². The number of alkyl halides is 1. The van der Waals surface area contributed by atoms with Gasteiger partial charge in [0.1, 0.15) is 18.4 Å². The van der Waals surface area contributed by atoms with E-state index in [0.29, 0.717) is 54.7 Å². The average Bonchev–Trinajstić information content (AvgIpc) is 3.68. The number of carbonyl (C=O) groups is 4. The van der Waals surface area contributed by atoms with E-state index in [1.165, 1.54) is 26.6 Å². The number of H-pyrrole nitrogens is 1. The Morgan fingerprint density at radius 3 is 2.36 bits per heavy atom. The Labute approximate surface area is 274 Å². The first kappa shape index (κ1) is 34.6. The van der Waals surface area contributed by atoms with Crippen molar-refractivity contribution >= 4 is 50.6 Å². The summed E-state index contributed by atoms with van der Waals surface area (Å²) in [5.41, 5.74) is 1.11. The minimum Gasteiger partial charge on any atom is -0.465 e. The van der Waals surface area contributed by atoms with Gasteiger partial charge in [0, 0.05) is 43.1 Å². The van der Waals surface area contributed by atoms with Crippen LogP contribution in [0.3, 0.4) is 0 Å². The predicted molar refractivity (Wildman–Crippen MR) is 174 cm³/mol. The van der Waals surface area contributed by atoms with E-state index in [9.17, 15) is 32.0 Å². The molecule has 2 heterocycles. The van der Waals surface area contributed by atoms with Gasteiger partial charge in [-0.3, -0.25) is 14.4 Å². The van der Waals surface area contributed by atoms with Crippen LogP contribution in [0.25, 0.3) is 10.9 Å². The standard InChI is InChI=1S/C32H45FN6O7S/c1-38(2)47(45,46)37-29(40)26-17-22-16-23(12-13-25(22)35-26)34-30(41)28-24(19-6-4-3-5-7-19)14-15-39(28)31(42)21-10-8-20(9-11-21)27(18-33)36-32(43)44/h12-13,16-17,19-21,24,27-28,35-36H,3-11,14-15,18H2,1-2H3,(H,34,41)(H,37,40)(H,43,44)/t20?,21?,24-,27+,28-/m0/s1. The molecule has 0 radical (unpaired) electrons. The molecule has 3 aliphatic rings. The predicted octanol–water partition coefficient (Wildman–Crippen LogP) is 3.85. The number of hydrogen-bond acceptors (Lipinski definition) is 6. The Bertz CT molecular complexity index is 1580. The Morgan fingerprint density at radius 2 is 1.72 bits per heavy atom. The molecule has 5 rings (SSSR count). The summed E-state index contributed by atoms with van der Waals surface area (Å²) < 4.78 is 40.7. The molecule has 2 aliphatic carbocycles. The van der Waals surface area contributed by atoms with Crippen LogP contribution in [-0.4, -0.2) is 90.9 Å². The van der Waals surface area contributed by atoms with Crippen molar-refractivity contribution in [2.75, 3.05) is 32.6 Å². The Balaban J connectivity index is 1.31. The SMILES string of the molecule is CN(C)S(=O)(=O)NC(=O)c1cc2cc(NC(=O)[C@@H]3[C@H](C4CCCCC4)CCN3C(=O)C3CCC([C@@H](CF)NC(=O)O)CC3)ccc2[nH]1. The van der Waals surface area contributed by atoms with Crippen molar-refractivity contribution in [2.24, 2.45) is 23.7 Å². The number of benzene rings is 1. The fourth-order valence-corrected chi connectivity index (χ4v) is 8.24. The number of carboxylic acid groups (broad SMARTS) is 1. The largest absolute Gasteiger partial charge is 0.465 e. The molecule has 3 atom stereocenters. The van der Waals surface area contributed by atoms with E-state index in [4.69, 9.17) is 5.11 Å². The molecule has 0 spiro atoms. The van der Waals surface area contributed by atoms with Crippen molar-refractivity contribution in [3.05, 3.63) is 30.0 Å². The highest BCUT2D eigenvalue weighted by Gasteiger charge is 2.47. The summed E-state index contributed by atoms with van der Waals surface area (Å²) in [7, 11) is -1.36. The Kier molecular flexibility index (Phi) is 10.7. The number of rotatable bonds is 10. The van der Waals surface area contributed by atoms with Gasteiger partial charge in [0.2, 0.25) is 11.8 Å². The van der Waals surface area contributed by atoms with Crippen LogP contribution < -0.4 is 15.4 Å². The molecule has 2 aromatic rings. The molecule has 15 heteroatoms. The lowest BCUT2D eigenvalue weighted by atomic mass is 9.76. The van der Waals surface area contributed by atoms with Crippen molar-refractivity contribution in [1.82, 2.24) is 24.2 Å². The van der Waals surface area contributed by atoms with Gasteiger partial charge in [-0.25, -0.2) is 13.9 Å². The minimum absolute atomic E-state index is 0.0243. The molecule has 4 amide bonds. The number of aromatic amines is 1. The molecule has 1 aromatic carbocycles. The zero-order chi connectivity index (χ0) is 33.9. The van der Waals surface area contributed by atoms with Crippen molar-refractivity contribution in [3.8, 4) is 0 Å². The number of nitrogens with zero attached hydrogens (tertiary/aromatic N) is 2. The van der Waals surface area contributed by atoms with E-state index in [1.54, 1.807) is 23.1 Å². The third kappa shape index (κ3) is 7.88. The molecule has 1 saturated heterocycles. The first-order valence-corrected chi connectivity index (χ1v) is 17.9. The molecular formula is C32H45FN6O7S. The number of nitrogens with one attached hydrogen (secondary N) is 4. The Morgan fingerprint density at radius 1 is 1.02 bits per heavy atom. The van der Waals surface area contributed by atoms with E-state index in [2.05, 4.69) is 15.6 Å². The summed E-state index contributed by atoms with van der Waals surface area (Å²) in [6.07, 6.45) is 6.96. The molecule has 5 N–H and O–H groups in total. The summed E-state index contributed by atoms with van der Waals surface area (Å²) >= 11 is 0. The molecule has 258 valence electrons. The number of aromatic nitrogens is 1. The highest BCUT2D eigenvalue weighted by Crippen LogP contribution is 2.41. The number of likely N-dealkylation sites (tertiary alicyclic amines) is 1. The molecule has 0 bridgehead atoms. The molecule has 13 nitrogen and oxygen atoms in total. The summed E-state index contributed by atoms with van der Waals surface area (Å²) in [5.74, 6) is -1.29. The number of fused-ring (bicyclic) bond motifs is 1. The second-order valence-electron chi connectivity index (χ2n) is 13.3. The second kappa shape index (κ2) is 14.6. The van der Waals surface area contributed by atoms with E-state index in [0.717, 1.165) is 36.4 Å². The topological polar surface area (TPSA) is 181 Å². The van der Waals surface area contributed by atoms with Crippen molar-refractivity contribution in [1.29, 1.82) is 0 Å². The van der Waals surface area contributed by atoms with E-state index in [1.807, 2.05) is 4.72 Å². The normalized spacial score (nSPS) is 24.6. The lowest BCUT2D eigenvalue weighted by Crippen LogP contribution is -2.50. The second-order valence-corrected chi connectivity index (χ2v) is 15.2. The van der Waals surface area contributed by atoms with E-state index < -0.39 is 41.0 Å². The van der Waals surface area contributed by atoms with Gasteiger partial charge in [-0.2, -0.15) is 12.7 Å². The van der Waals surface area contributed by atoms with Gasteiger partial charge in [0.05, 0.1) is 6.04 Å². The van der Waals surface area contributed by atoms with Crippen LogP contribution in [0.5, 0.6) is 0 Å². The molecule has 47 heavy (non-hydrogen) atoms. The lowest BCUT2D eigenvalue weighted by Gasteiger charge is -2.37. The third-order valence-electron chi connectivity index (χ3n) is 10.3. The van der Waals surface area contributed by atoms with Crippen LogP contribution >= 0.6 is 0 Å². The van der Waals surface area contributed by atoms with Crippen molar-refractivity contribution in [3.63, 3.8) is 0 Å². The number of anilines is 1. The zero-order valence-corrected chi connectivity index (χ0v) is 27.7. The minimum atomic E-state index is -3.98. The zero-order valence-electron chi connectivity index (χ0n) is 26.8. The first-order valence-electron chi connectivity index (χ1n) is 16.4. The maximum atomic E-state index is 14.1. The number of hydrogen-bond donors (Lipinski definition) is 5. The maximum Gasteiger partial charge on any atom is 0.404 e. The molecule has 3 fully saturated rings. The number of carbonyl (C=O) groups excluding carboxylic acids is 3. The smallest absolute Gasteiger partial charge is 0.404 e. The van der Waals surface area contributed by atoms with Crippen molar-refractivity contribution < 1.29 is 37.1 Å². The first-order chi connectivity index (χ1) is 22.4. The molecule has 1 aromatic heterocycles. The van der Waals surface area contributed by atoms with E-state index in [-0.39, 0.29) is 35.3 Å². The average molecular weight is 677 g/mol. The molecular weight excluding hydrogens is 631 g/mol. The van der Waals surface area contributed by atoms with Gasteiger partial charge in [0.25, 0.3) is 5.91 Å². The molecule has 0 unspecified atom stereocenters. The van der Waals surface area contributed by atoms with Crippen LogP contribution in [0.15, 0.2) is 24.3 Å². The number of amides is 4. The monoisotopic (exact) mass is 676 g/mol.